The van der Waals surface area contributed by atoms with Gasteiger partial charge in [-0.25, -0.2) is 0 Å². The Kier molecular flexibility index (Phi) is 6.66. The van der Waals surface area contributed by atoms with Gasteiger partial charge in [0, 0.05) is 21.2 Å². The molecule has 0 bridgehead atoms. The maximum absolute atomic E-state index is 6.17. The predicted octanol–water partition coefficient (Wildman–Crippen LogP) is 3.75. The molecule has 24 heavy (non-hydrogen) atoms. The van der Waals surface area contributed by atoms with Crippen molar-refractivity contribution in [2.24, 2.45) is 10.8 Å². The van der Waals surface area contributed by atoms with Crippen molar-refractivity contribution >= 4 is 46.7 Å². The minimum atomic E-state index is 0.0689. The van der Waals surface area contributed by atoms with Crippen molar-refractivity contribution in [1.29, 1.82) is 0 Å². The number of hydrazone groups is 1. The lowest BCUT2D eigenvalue weighted by Crippen LogP contribution is -2.24. The van der Waals surface area contributed by atoms with Crippen LogP contribution in [0, 0.1) is 0 Å². The van der Waals surface area contributed by atoms with Gasteiger partial charge >= 0.3 is 0 Å². The smallest absolute Gasteiger partial charge is 0.184 e. The van der Waals surface area contributed by atoms with E-state index < -0.39 is 0 Å². The third-order valence-corrected chi connectivity index (χ3v) is 3.83. The molecule has 0 amide bonds. The Morgan fingerprint density at radius 2 is 1.92 bits per heavy atom. The fourth-order valence-corrected chi connectivity index (χ4v) is 2.49. The maximum atomic E-state index is 6.17. The fraction of sp³-hybridized carbons (Fsp3) is 0.125. The van der Waals surface area contributed by atoms with Crippen LogP contribution in [0.15, 0.2) is 41.5 Å². The highest BCUT2D eigenvalue weighted by atomic mass is 35.5. The highest BCUT2D eigenvalue weighted by Gasteiger charge is 2.12. The molecule has 126 valence electrons. The summed E-state index contributed by atoms with van der Waals surface area (Å²) in [5.41, 5.74) is 9.20. The Hall–Kier alpha value is -2.02. The molecule has 3 N–H and O–H groups in total. The number of thiocarbonyl (C=S) groups is 1. The van der Waals surface area contributed by atoms with Gasteiger partial charge in [0.25, 0.3) is 0 Å². The molecule has 2 rings (SSSR count). The Bertz CT molecular complexity index is 749. The number of nitrogens with one attached hydrogen (secondary N) is 1. The first kappa shape index (κ1) is 18.3. The monoisotopic (exact) mass is 383 g/mol. The maximum Gasteiger partial charge on any atom is 0.184 e. The Labute approximate surface area is 155 Å². The topological polar surface area (TPSA) is 68.9 Å². The van der Waals surface area contributed by atoms with E-state index >= 15 is 0 Å². The molecular weight excluding hydrogens is 369 g/mol. The Balaban J connectivity index is 2.27. The summed E-state index contributed by atoms with van der Waals surface area (Å²) in [6.45, 7) is 0.183. The Morgan fingerprint density at radius 1 is 1.25 bits per heavy atom. The second kappa shape index (κ2) is 8.73. The van der Waals surface area contributed by atoms with Crippen LogP contribution in [0.3, 0.4) is 0 Å². The highest BCUT2D eigenvalue weighted by Crippen LogP contribution is 2.32. The zero-order valence-corrected chi connectivity index (χ0v) is 15.1. The molecule has 2 aromatic carbocycles. The van der Waals surface area contributed by atoms with Crippen molar-refractivity contribution in [3.05, 3.63) is 57.6 Å². The number of hydrogen-bond acceptors (Lipinski definition) is 4. The molecule has 0 heterocycles. The lowest BCUT2D eigenvalue weighted by atomic mass is 10.2. The number of ether oxygens (including phenoxy) is 2. The minimum absolute atomic E-state index is 0.0689. The van der Waals surface area contributed by atoms with Gasteiger partial charge in [-0.15, -0.1) is 0 Å². The quantitative estimate of drug-likeness (QED) is 0.451. The molecule has 0 aliphatic rings. The summed E-state index contributed by atoms with van der Waals surface area (Å²) < 4.78 is 11.2. The van der Waals surface area contributed by atoms with Crippen LogP contribution in [0.4, 0.5) is 0 Å². The summed E-state index contributed by atoms with van der Waals surface area (Å²) in [5, 5.41) is 5.07. The summed E-state index contributed by atoms with van der Waals surface area (Å²) in [5.74, 6) is 1.06. The van der Waals surface area contributed by atoms with Crippen molar-refractivity contribution in [3.63, 3.8) is 0 Å². The summed E-state index contributed by atoms with van der Waals surface area (Å²) in [6.07, 6.45) is 1.53. The highest BCUT2D eigenvalue weighted by molar-refractivity contribution is 7.80. The van der Waals surface area contributed by atoms with E-state index in [2.05, 4.69) is 10.5 Å². The molecule has 0 unspecified atom stereocenters. The number of nitrogens with zero attached hydrogens (tertiary/aromatic N) is 1. The number of halogens is 2. The molecule has 8 heteroatoms. The second-order valence-corrected chi connectivity index (χ2v) is 5.86. The normalized spacial score (nSPS) is 10.6. The van der Waals surface area contributed by atoms with Crippen LogP contribution in [-0.4, -0.2) is 18.4 Å². The van der Waals surface area contributed by atoms with Crippen molar-refractivity contribution in [2.75, 3.05) is 7.11 Å². The summed E-state index contributed by atoms with van der Waals surface area (Å²) in [4.78, 5) is 0. The molecule has 0 aromatic heterocycles. The van der Waals surface area contributed by atoms with Gasteiger partial charge < -0.3 is 15.2 Å². The average Bonchev–Trinajstić information content (AvgIpc) is 2.54. The average molecular weight is 384 g/mol. The third-order valence-electron chi connectivity index (χ3n) is 3.03. The molecule has 0 saturated carbocycles. The predicted molar refractivity (Wildman–Crippen MR) is 101 cm³/mol. The van der Waals surface area contributed by atoms with Gasteiger partial charge in [-0.3, -0.25) is 5.43 Å². The molecule has 0 saturated heterocycles. The zero-order chi connectivity index (χ0) is 17.5. The first-order chi connectivity index (χ1) is 11.5. The second-order valence-electron chi connectivity index (χ2n) is 4.60. The summed E-state index contributed by atoms with van der Waals surface area (Å²) in [6, 6.07) is 10.7. The van der Waals surface area contributed by atoms with Gasteiger partial charge in [-0.1, -0.05) is 35.3 Å². The first-order valence-corrected chi connectivity index (χ1v) is 8.00. The number of benzene rings is 2. The van der Waals surface area contributed by atoms with E-state index in [1.165, 1.54) is 6.21 Å². The lowest BCUT2D eigenvalue weighted by Gasteiger charge is -2.14. The van der Waals surface area contributed by atoms with Crippen molar-refractivity contribution < 1.29 is 9.47 Å². The first-order valence-electron chi connectivity index (χ1n) is 6.84. The fourth-order valence-electron chi connectivity index (χ4n) is 1.93. The number of nitrogens with two attached hydrogens (primary N) is 1. The molecule has 0 fully saturated rings. The third kappa shape index (κ3) is 4.74. The molecule has 0 radical (unpaired) electrons. The van der Waals surface area contributed by atoms with Gasteiger partial charge in [0.1, 0.15) is 6.61 Å². The number of rotatable bonds is 6. The van der Waals surface area contributed by atoms with Crippen molar-refractivity contribution in [3.8, 4) is 11.5 Å². The van der Waals surface area contributed by atoms with E-state index in [1.807, 2.05) is 12.1 Å². The summed E-state index contributed by atoms with van der Waals surface area (Å²) in [7, 11) is 1.55. The number of methoxy groups -OCH3 is 1. The van der Waals surface area contributed by atoms with Gasteiger partial charge in [0.05, 0.1) is 13.3 Å². The Morgan fingerprint density at radius 3 is 2.54 bits per heavy atom. The van der Waals surface area contributed by atoms with Gasteiger partial charge in [0.15, 0.2) is 16.6 Å². The van der Waals surface area contributed by atoms with Crippen LogP contribution < -0.4 is 20.6 Å². The molecule has 2 aromatic rings. The van der Waals surface area contributed by atoms with E-state index in [-0.39, 0.29) is 11.7 Å². The minimum Gasteiger partial charge on any atom is -0.493 e. The van der Waals surface area contributed by atoms with Crippen molar-refractivity contribution in [1.82, 2.24) is 5.43 Å². The van der Waals surface area contributed by atoms with Crippen LogP contribution in [0.1, 0.15) is 11.1 Å². The largest absolute Gasteiger partial charge is 0.493 e. The van der Waals surface area contributed by atoms with Crippen LogP contribution in [-0.2, 0) is 6.61 Å². The molecule has 0 atom stereocenters. The van der Waals surface area contributed by atoms with Gasteiger partial charge in [-0.2, -0.15) is 5.10 Å². The standard InChI is InChI=1S/C16H15Cl2N3O2S/c1-22-14-7-2-4-10(8-20-21-16(19)24)15(14)23-9-11-12(17)5-3-6-13(11)18/h2-8H,9H2,1H3,(H3,19,21,24). The van der Waals surface area contributed by atoms with Crippen molar-refractivity contribution in [2.45, 2.75) is 6.61 Å². The lowest BCUT2D eigenvalue weighted by molar-refractivity contribution is 0.284. The zero-order valence-electron chi connectivity index (χ0n) is 12.8. The molecule has 0 spiro atoms. The molecule has 0 aliphatic carbocycles. The molecule has 5 nitrogen and oxygen atoms in total. The number of hydrogen-bond donors (Lipinski definition) is 2. The van der Waals surface area contributed by atoms with E-state index in [9.17, 15) is 0 Å². The van der Waals surface area contributed by atoms with Crippen LogP contribution in [0.5, 0.6) is 11.5 Å². The molecule has 0 aliphatic heterocycles. The van der Waals surface area contributed by atoms with E-state index in [0.29, 0.717) is 32.7 Å². The molecular formula is C16H15Cl2N3O2S. The van der Waals surface area contributed by atoms with Crippen LogP contribution in [0.25, 0.3) is 0 Å². The van der Waals surface area contributed by atoms with Gasteiger partial charge in [0.2, 0.25) is 0 Å². The SMILES string of the molecule is COc1cccc(C=NNC(N)=S)c1OCc1c(Cl)cccc1Cl. The summed E-state index contributed by atoms with van der Waals surface area (Å²) >= 11 is 17.0. The van der Waals surface area contributed by atoms with Crippen LogP contribution in [0.2, 0.25) is 10.0 Å². The van der Waals surface area contributed by atoms with E-state index in [0.717, 1.165) is 0 Å². The van der Waals surface area contributed by atoms with Crippen LogP contribution >= 0.6 is 35.4 Å². The van der Waals surface area contributed by atoms with E-state index in [4.69, 9.17) is 50.6 Å². The van der Waals surface area contributed by atoms with E-state index in [1.54, 1.807) is 31.4 Å². The van der Waals surface area contributed by atoms with Gasteiger partial charge in [-0.05, 0) is 36.5 Å². The number of para-hydroxylation sites is 1.